The van der Waals surface area contributed by atoms with Crippen LogP contribution in [0, 0.1) is 5.92 Å². The third kappa shape index (κ3) is 2.38. The van der Waals surface area contributed by atoms with Gasteiger partial charge in [-0.15, -0.1) is 0 Å². The first-order chi connectivity index (χ1) is 5.22. The SMILES string of the molecule is O=C(O)N[C@H]1CCC(CO)C1. The van der Waals surface area contributed by atoms with E-state index in [9.17, 15) is 4.79 Å². The van der Waals surface area contributed by atoms with E-state index in [4.69, 9.17) is 10.2 Å². The topological polar surface area (TPSA) is 69.6 Å². The highest BCUT2D eigenvalue weighted by molar-refractivity contribution is 5.64. The number of hydrogen-bond donors (Lipinski definition) is 3. The van der Waals surface area contributed by atoms with Crippen molar-refractivity contribution in [2.75, 3.05) is 6.61 Å². The van der Waals surface area contributed by atoms with Crippen molar-refractivity contribution in [1.29, 1.82) is 0 Å². The average molecular weight is 159 g/mol. The fraction of sp³-hybridized carbons (Fsp3) is 0.857. The fourth-order valence-electron chi connectivity index (χ4n) is 1.55. The standard InChI is InChI=1S/C7H13NO3/c9-4-5-1-2-6(3-5)8-7(10)11/h5-6,8-9H,1-4H2,(H,10,11)/t5?,6-/m0/s1. The lowest BCUT2D eigenvalue weighted by Gasteiger charge is -2.08. The number of amides is 1. The van der Waals surface area contributed by atoms with Crippen molar-refractivity contribution < 1.29 is 15.0 Å². The summed E-state index contributed by atoms with van der Waals surface area (Å²) >= 11 is 0. The summed E-state index contributed by atoms with van der Waals surface area (Å²) < 4.78 is 0. The van der Waals surface area contributed by atoms with Crippen molar-refractivity contribution in [3.63, 3.8) is 0 Å². The van der Waals surface area contributed by atoms with Crippen LogP contribution in [0.2, 0.25) is 0 Å². The zero-order chi connectivity index (χ0) is 8.27. The molecule has 0 spiro atoms. The highest BCUT2D eigenvalue weighted by Gasteiger charge is 2.24. The molecule has 11 heavy (non-hydrogen) atoms. The molecule has 64 valence electrons. The van der Waals surface area contributed by atoms with E-state index < -0.39 is 6.09 Å². The molecule has 0 radical (unpaired) electrons. The van der Waals surface area contributed by atoms with Crippen molar-refractivity contribution in [3.8, 4) is 0 Å². The van der Waals surface area contributed by atoms with Crippen LogP contribution in [0.3, 0.4) is 0 Å². The number of aliphatic hydroxyl groups excluding tert-OH is 1. The summed E-state index contributed by atoms with van der Waals surface area (Å²) in [6, 6.07) is 0.0599. The largest absolute Gasteiger partial charge is 0.465 e. The van der Waals surface area contributed by atoms with Gasteiger partial charge in [0.2, 0.25) is 0 Å². The minimum atomic E-state index is -0.964. The van der Waals surface area contributed by atoms with E-state index in [1.807, 2.05) is 0 Å². The predicted molar refractivity (Wildman–Crippen MR) is 39.4 cm³/mol. The normalized spacial score (nSPS) is 30.3. The Morgan fingerprint density at radius 3 is 2.73 bits per heavy atom. The van der Waals surface area contributed by atoms with Gasteiger partial charge in [-0.2, -0.15) is 0 Å². The molecule has 0 aromatic heterocycles. The minimum absolute atomic E-state index is 0.0599. The van der Waals surface area contributed by atoms with Crippen LogP contribution in [0.5, 0.6) is 0 Å². The summed E-state index contributed by atoms with van der Waals surface area (Å²) in [7, 11) is 0. The molecule has 1 rings (SSSR count). The Labute approximate surface area is 65.2 Å². The predicted octanol–water partition coefficient (Wildman–Crippen LogP) is 0.415. The quantitative estimate of drug-likeness (QED) is 0.546. The lowest BCUT2D eigenvalue weighted by atomic mass is 10.1. The first-order valence-electron chi connectivity index (χ1n) is 3.82. The van der Waals surface area contributed by atoms with Crippen LogP contribution in [0.15, 0.2) is 0 Å². The maximum absolute atomic E-state index is 10.2. The van der Waals surface area contributed by atoms with Crippen molar-refractivity contribution in [3.05, 3.63) is 0 Å². The van der Waals surface area contributed by atoms with E-state index in [0.29, 0.717) is 5.92 Å². The first kappa shape index (κ1) is 8.33. The maximum Gasteiger partial charge on any atom is 0.404 e. The van der Waals surface area contributed by atoms with E-state index in [-0.39, 0.29) is 12.6 Å². The molecule has 2 atom stereocenters. The molecule has 0 saturated heterocycles. The van der Waals surface area contributed by atoms with Crippen LogP contribution in [0.1, 0.15) is 19.3 Å². The molecule has 1 fully saturated rings. The second-order valence-corrected chi connectivity index (χ2v) is 3.01. The highest BCUT2D eigenvalue weighted by Crippen LogP contribution is 2.24. The van der Waals surface area contributed by atoms with Gasteiger partial charge in [-0.05, 0) is 25.2 Å². The number of nitrogens with one attached hydrogen (secondary N) is 1. The lowest BCUT2D eigenvalue weighted by molar-refractivity contribution is 0.188. The molecule has 1 aliphatic carbocycles. The van der Waals surface area contributed by atoms with E-state index >= 15 is 0 Å². The van der Waals surface area contributed by atoms with E-state index in [1.165, 1.54) is 0 Å². The summed E-state index contributed by atoms with van der Waals surface area (Å²) in [5, 5.41) is 19.5. The van der Waals surface area contributed by atoms with Gasteiger partial charge in [-0.3, -0.25) is 0 Å². The number of rotatable bonds is 2. The van der Waals surface area contributed by atoms with Gasteiger partial charge in [0.25, 0.3) is 0 Å². The smallest absolute Gasteiger partial charge is 0.404 e. The molecule has 4 heteroatoms. The van der Waals surface area contributed by atoms with Gasteiger partial charge in [0, 0.05) is 12.6 Å². The van der Waals surface area contributed by atoms with Crippen LogP contribution in [-0.4, -0.2) is 29.0 Å². The summed E-state index contributed by atoms with van der Waals surface area (Å²) in [6.45, 7) is 0.178. The van der Waals surface area contributed by atoms with Crippen molar-refractivity contribution in [1.82, 2.24) is 5.32 Å². The van der Waals surface area contributed by atoms with Crippen LogP contribution < -0.4 is 5.32 Å². The molecule has 0 aromatic carbocycles. The van der Waals surface area contributed by atoms with E-state index in [1.54, 1.807) is 0 Å². The number of aliphatic hydroxyl groups is 1. The van der Waals surface area contributed by atoms with Gasteiger partial charge in [-0.25, -0.2) is 4.79 Å². The Morgan fingerprint density at radius 2 is 2.27 bits per heavy atom. The van der Waals surface area contributed by atoms with E-state index in [0.717, 1.165) is 19.3 Å². The highest BCUT2D eigenvalue weighted by atomic mass is 16.4. The summed E-state index contributed by atoms with van der Waals surface area (Å²) in [6.07, 6.45) is 1.61. The lowest BCUT2D eigenvalue weighted by Crippen LogP contribution is -2.31. The van der Waals surface area contributed by atoms with Crippen molar-refractivity contribution in [2.24, 2.45) is 5.92 Å². The zero-order valence-corrected chi connectivity index (χ0v) is 6.29. The summed E-state index contributed by atoms with van der Waals surface area (Å²) in [4.78, 5) is 10.2. The molecule has 0 aromatic rings. The molecule has 1 amide bonds. The Bertz CT molecular complexity index is 149. The van der Waals surface area contributed by atoms with E-state index in [2.05, 4.69) is 5.32 Å². The van der Waals surface area contributed by atoms with Gasteiger partial charge in [-0.1, -0.05) is 0 Å². The second kappa shape index (κ2) is 3.57. The minimum Gasteiger partial charge on any atom is -0.465 e. The van der Waals surface area contributed by atoms with Crippen LogP contribution in [-0.2, 0) is 0 Å². The molecule has 1 saturated carbocycles. The summed E-state index contributed by atoms with van der Waals surface area (Å²) in [5.41, 5.74) is 0. The molecular formula is C7H13NO3. The molecule has 0 heterocycles. The van der Waals surface area contributed by atoms with Crippen molar-refractivity contribution in [2.45, 2.75) is 25.3 Å². The molecule has 1 aliphatic rings. The van der Waals surface area contributed by atoms with Gasteiger partial charge in [0.05, 0.1) is 0 Å². The monoisotopic (exact) mass is 159 g/mol. The number of hydrogen-bond acceptors (Lipinski definition) is 2. The van der Waals surface area contributed by atoms with Gasteiger partial charge in [0.15, 0.2) is 0 Å². The molecule has 0 aliphatic heterocycles. The van der Waals surface area contributed by atoms with Crippen LogP contribution >= 0.6 is 0 Å². The van der Waals surface area contributed by atoms with Crippen molar-refractivity contribution >= 4 is 6.09 Å². The maximum atomic E-state index is 10.2. The molecule has 3 N–H and O–H groups in total. The Hall–Kier alpha value is -0.770. The zero-order valence-electron chi connectivity index (χ0n) is 6.29. The fourth-order valence-corrected chi connectivity index (χ4v) is 1.55. The summed E-state index contributed by atoms with van der Waals surface area (Å²) in [5.74, 6) is 0.298. The van der Waals surface area contributed by atoms with Crippen LogP contribution in [0.25, 0.3) is 0 Å². The molecule has 0 bridgehead atoms. The third-order valence-electron chi connectivity index (χ3n) is 2.13. The Kier molecular flexibility index (Phi) is 2.70. The number of carboxylic acid groups (broad SMARTS) is 1. The second-order valence-electron chi connectivity index (χ2n) is 3.01. The average Bonchev–Trinajstić information content (AvgIpc) is 2.34. The Balaban J connectivity index is 2.24. The Morgan fingerprint density at radius 1 is 1.55 bits per heavy atom. The molecular weight excluding hydrogens is 146 g/mol. The van der Waals surface area contributed by atoms with Gasteiger partial charge < -0.3 is 15.5 Å². The third-order valence-corrected chi connectivity index (χ3v) is 2.13. The first-order valence-corrected chi connectivity index (χ1v) is 3.82. The molecule has 1 unspecified atom stereocenters. The number of carbonyl (C=O) groups is 1. The van der Waals surface area contributed by atoms with Gasteiger partial charge in [0.1, 0.15) is 0 Å². The van der Waals surface area contributed by atoms with Gasteiger partial charge >= 0.3 is 6.09 Å². The molecule has 4 nitrogen and oxygen atoms in total. The van der Waals surface area contributed by atoms with Crippen LogP contribution in [0.4, 0.5) is 4.79 Å².